The highest BCUT2D eigenvalue weighted by molar-refractivity contribution is 6.30. The van der Waals surface area contributed by atoms with Crippen LogP contribution in [0.3, 0.4) is 0 Å². The lowest BCUT2D eigenvalue weighted by Gasteiger charge is -2.32. The normalized spacial score (nSPS) is 18.1. The van der Waals surface area contributed by atoms with Crippen molar-refractivity contribution in [3.8, 4) is 11.5 Å². The number of pyridine rings is 1. The van der Waals surface area contributed by atoms with Crippen LogP contribution in [-0.4, -0.2) is 36.4 Å². The fourth-order valence-corrected chi connectivity index (χ4v) is 4.97. The summed E-state index contributed by atoms with van der Waals surface area (Å²) in [5, 5.41) is 10.2. The molecule has 0 radical (unpaired) electrons. The number of nitrogens with one attached hydrogen (secondary N) is 3. The number of ether oxygens (including phenoxy) is 2. The van der Waals surface area contributed by atoms with Gasteiger partial charge in [-0.05, 0) is 74.7 Å². The monoisotopic (exact) mass is 575 g/mol. The molecule has 4 rings (SSSR count). The van der Waals surface area contributed by atoms with Gasteiger partial charge in [0.1, 0.15) is 28.7 Å². The molecule has 0 saturated carbocycles. The lowest BCUT2D eigenvalue weighted by Crippen LogP contribution is -2.45. The van der Waals surface area contributed by atoms with Crippen LogP contribution in [0.4, 0.5) is 11.5 Å². The number of carbonyl (C=O) groups is 2. The van der Waals surface area contributed by atoms with Gasteiger partial charge >= 0.3 is 0 Å². The molecule has 10 heteroatoms. The van der Waals surface area contributed by atoms with Crippen LogP contribution < -0.4 is 25.4 Å². The van der Waals surface area contributed by atoms with E-state index in [0.29, 0.717) is 34.9 Å². The van der Waals surface area contributed by atoms with E-state index in [2.05, 4.69) is 20.9 Å². The molecule has 0 bridgehead atoms. The molecule has 0 aliphatic carbocycles. The van der Waals surface area contributed by atoms with E-state index in [1.54, 1.807) is 52.5 Å². The number of hydrogen-bond donors (Lipinski definition) is 3. The van der Waals surface area contributed by atoms with Gasteiger partial charge in [0.25, 0.3) is 5.91 Å². The third kappa shape index (κ3) is 6.30. The number of halogens is 1. The summed E-state index contributed by atoms with van der Waals surface area (Å²) in [6, 6.07) is 14.7. The van der Waals surface area contributed by atoms with Crippen LogP contribution in [0, 0.1) is 6.92 Å². The summed E-state index contributed by atoms with van der Waals surface area (Å²) in [6.45, 7) is 7.93. The molecule has 214 valence electrons. The van der Waals surface area contributed by atoms with Crippen molar-refractivity contribution in [1.29, 1.82) is 0 Å². The van der Waals surface area contributed by atoms with E-state index in [4.69, 9.17) is 21.1 Å². The number of hydrogen-bond acceptors (Lipinski definition) is 7. The topological polar surface area (TPSA) is 105 Å². The summed E-state index contributed by atoms with van der Waals surface area (Å²) in [5.41, 5.74) is 4.06. The molecule has 2 aromatic carbocycles. The first-order chi connectivity index (χ1) is 19.6. The van der Waals surface area contributed by atoms with Crippen LogP contribution in [0.1, 0.15) is 37.5 Å². The van der Waals surface area contributed by atoms with Crippen molar-refractivity contribution >= 4 is 35.4 Å². The Kier molecular flexibility index (Phi) is 8.88. The maximum atomic E-state index is 13.1. The van der Waals surface area contributed by atoms with E-state index in [9.17, 15) is 9.59 Å². The van der Waals surface area contributed by atoms with Crippen molar-refractivity contribution in [2.45, 2.75) is 39.9 Å². The van der Waals surface area contributed by atoms with Crippen molar-refractivity contribution in [1.82, 2.24) is 15.2 Å². The lowest BCUT2D eigenvalue weighted by molar-refractivity contribution is -0.120. The molecule has 3 N–H and O–H groups in total. The fraction of sp³-hybridized carbons (Fsp3) is 0.258. The Morgan fingerprint density at radius 3 is 2.61 bits per heavy atom. The number of carbonyl (C=O) groups excluding carboxylic acids is 2. The van der Waals surface area contributed by atoms with Gasteiger partial charge in [-0.25, -0.2) is 4.98 Å². The van der Waals surface area contributed by atoms with Gasteiger partial charge in [-0.2, -0.15) is 0 Å². The van der Waals surface area contributed by atoms with E-state index in [0.717, 1.165) is 34.0 Å². The van der Waals surface area contributed by atoms with Gasteiger partial charge in [0.2, 0.25) is 6.41 Å². The average Bonchev–Trinajstić information content (AvgIpc) is 3.23. The third-order valence-corrected chi connectivity index (χ3v) is 7.22. The SMILES string of the molecule is COc1ccc(CNc2cc(N/C(C)=C/C(C)=C3/C(=O)NC(C)(c4cccc(Cl)c4)N3C=O)c(C)cn2)c(OC)c1. The summed E-state index contributed by atoms with van der Waals surface area (Å²) >= 11 is 6.19. The molecular weight excluding hydrogens is 542 g/mol. The van der Waals surface area contributed by atoms with Crippen molar-refractivity contribution in [3.63, 3.8) is 0 Å². The Bertz CT molecular complexity index is 1540. The highest BCUT2D eigenvalue weighted by Gasteiger charge is 2.46. The molecule has 41 heavy (non-hydrogen) atoms. The molecule has 3 aromatic rings. The number of benzene rings is 2. The number of methoxy groups -OCH3 is 2. The maximum Gasteiger partial charge on any atom is 0.270 e. The van der Waals surface area contributed by atoms with Crippen LogP contribution in [0.15, 0.2) is 77.8 Å². The average molecular weight is 576 g/mol. The van der Waals surface area contributed by atoms with Gasteiger partial charge in [0.15, 0.2) is 0 Å². The number of allylic oxidation sites excluding steroid dienone is 3. The summed E-state index contributed by atoms with van der Waals surface area (Å²) in [6.07, 6.45) is 4.28. The molecule has 2 amide bonds. The Morgan fingerprint density at radius 1 is 1.15 bits per heavy atom. The molecule has 1 atom stereocenters. The quantitative estimate of drug-likeness (QED) is 0.210. The molecule has 1 aliphatic heterocycles. The molecule has 2 heterocycles. The smallest absolute Gasteiger partial charge is 0.270 e. The van der Waals surface area contributed by atoms with Gasteiger partial charge in [0.05, 0.1) is 14.2 Å². The Labute approximate surface area is 245 Å². The summed E-state index contributed by atoms with van der Waals surface area (Å²) < 4.78 is 10.8. The van der Waals surface area contributed by atoms with Crippen molar-refractivity contribution in [2.75, 3.05) is 24.9 Å². The first-order valence-corrected chi connectivity index (χ1v) is 13.4. The van der Waals surface area contributed by atoms with Crippen LogP contribution in [0.5, 0.6) is 11.5 Å². The van der Waals surface area contributed by atoms with Gasteiger partial charge in [-0.1, -0.05) is 23.7 Å². The molecule has 1 aromatic heterocycles. The maximum absolute atomic E-state index is 13.1. The van der Waals surface area contributed by atoms with Gasteiger partial charge in [-0.3, -0.25) is 14.5 Å². The van der Waals surface area contributed by atoms with Crippen LogP contribution in [0.2, 0.25) is 5.02 Å². The third-order valence-electron chi connectivity index (χ3n) is 6.98. The van der Waals surface area contributed by atoms with Gasteiger partial charge in [-0.15, -0.1) is 0 Å². The number of amides is 2. The Hall–Kier alpha value is -4.50. The van der Waals surface area contributed by atoms with Gasteiger partial charge in [0, 0.05) is 46.8 Å². The number of anilines is 2. The number of rotatable bonds is 10. The molecule has 9 nitrogen and oxygen atoms in total. The zero-order valence-electron chi connectivity index (χ0n) is 24.0. The second kappa shape index (κ2) is 12.3. The predicted octanol–water partition coefficient (Wildman–Crippen LogP) is 5.72. The zero-order chi connectivity index (χ0) is 29.7. The minimum atomic E-state index is -1.07. The van der Waals surface area contributed by atoms with E-state index in [1.807, 2.05) is 50.3 Å². The zero-order valence-corrected chi connectivity index (χ0v) is 24.7. The second-order valence-corrected chi connectivity index (χ2v) is 10.3. The van der Waals surface area contributed by atoms with Gasteiger partial charge < -0.3 is 25.4 Å². The predicted molar refractivity (Wildman–Crippen MR) is 161 cm³/mol. The summed E-state index contributed by atoms with van der Waals surface area (Å²) in [5.74, 6) is 1.77. The Balaban J connectivity index is 1.54. The molecule has 1 fully saturated rings. The van der Waals surface area contributed by atoms with E-state index in [-0.39, 0.29) is 11.6 Å². The van der Waals surface area contributed by atoms with Crippen molar-refractivity contribution < 1.29 is 19.1 Å². The fourth-order valence-electron chi connectivity index (χ4n) is 4.78. The van der Waals surface area contributed by atoms with Crippen molar-refractivity contribution in [3.05, 3.63) is 99.5 Å². The van der Waals surface area contributed by atoms with E-state index < -0.39 is 5.66 Å². The minimum Gasteiger partial charge on any atom is -0.497 e. The standard InChI is InChI=1S/C31H34ClN5O4/c1-19(29-30(39)36-31(4,37(29)18-38)23-8-7-9-24(32)13-23)12-21(3)35-26-15-28(33-16-20(26)2)34-17-22-10-11-25(40-5)14-27(22)41-6/h7-16,18H,17H2,1-6H3,(H,36,39)(H2,33,34,35)/b21-12+,29-19-. The Morgan fingerprint density at radius 2 is 1.93 bits per heavy atom. The van der Waals surface area contributed by atoms with E-state index >= 15 is 0 Å². The molecular formula is C31H34ClN5O4. The molecule has 1 saturated heterocycles. The molecule has 1 aliphatic rings. The number of aromatic nitrogens is 1. The summed E-state index contributed by atoms with van der Waals surface area (Å²) in [7, 11) is 3.24. The minimum absolute atomic E-state index is 0.269. The van der Waals surface area contributed by atoms with Crippen LogP contribution >= 0.6 is 11.6 Å². The van der Waals surface area contributed by atoms with Crippen molar-refractivity contribution in [2.24, 2.45) is 0 Å². The second-order valence-electron chi connectivity index (χ2n) is 9.91. The summed E-state index contributed by atoms with van der Waals surface area (Å²) in [4.78, 5) is 31.2. The number of aryl methyl sites for hydroxylation is 1. The van der Waals surface area contributed by atoms with Crippen LogP contribution in [0.25, 0.3) is 0 Å². The highest BCUT2D eigenvalue weighted by atomic mass is 35.5. The first-order valence-electron chi connectivity index (χ1n) is 13.0. The first kappa shape index (κ1) is 29.5. The lowest BCUT2D eigenvalue weighted by atomic mass is 10.0. The molecule has 0 spiro atoms. The largest absolute Gasteiger partial charge is 0.497 e. The van der Waals surface area contributed by atoms with E-state index in [1.165, 1.54) is 4.90 Å². The number of nitrogens with zero attached hydrogens (tertiary/aromatic N) is 2. The molecule has 1 unspecified atom stereocenters. The highest BCUT2D eigenvalue weighted by Crippen LogP contribution is 2.36. The van der Waals surface area contributed by atoms with Crippen LogP contribution in [-0.2, 0) is 21.8 Å².